The van der Waals surface area contributed by atoms with E-state index in [1.807, 2.05) is 25.1 Å². The van der Waals surface area contributed by atoms with E-state index in [1.54, 1.807) is 6.92 Å². The van der Waals surface area contributed by atoms with Gasteiger partial charge in [0, 0.05) is 18.7 Å². The summed E-state index contributed by atoms with van der Waals surface area (Å²) in [6.07, 6.45) is 0.775. The molecule has 2 atom stereocenters. The number of fused-ring (bicyclic) bond motifs is 1. The number of aryl methyl sites for hydroxylation is 1. The molecule has 19 heavy (non-hydrogen) atoms. The molecule has 1 aliphatic heterocycles. The first kappa shape index (κ1) is 12.1. The molecule has 3 rings (SSSR count). The number of oxazole rings is 1. The Morgan fingerprint density at radius 2 is 2.32 bits per heavy atom. The van der Waals surface area contributed by atoms with Gasteiger partial charge in [0.25, 0.3) is 0 Å². The van der Waals surface area contributed by atoms with Crippen LogP contribution in [0.2, 0.25) is 0 Å². The summed E-state index contributed by atoms with van der Waals surface area (Å²) < 4.78 is 5.40. The molecule has 0 spiro atoms. The number of hydrogen-bond acceptors (Lipinski definition) is 5. The zero-order chi connectivity index (χ0) is 13.4. The van der Waals surface area contributed by atoms with Gasteiger partial charge in [-0.25, -0.2) is 10.4 Å². The average molecular weight is 260 g/mol. The topological polar surface area (TPSA) is 79.2 Å². The van der Waals surface area contributed by atoms with Gasteiger partial charge in [0.1, 0.15) is 11.6 Å². The fourth-order valence-electron chi connectivity index (χ4n) is 2.24. The van der Waals surface area contributed by atoms with Crippen LogP contribution in [0.5, 0.6) is 0 Å². The van der Waals surface area contributed by atoms with Crippen LogP contribution >= 0.6 is 0 Å². The number of nitrogens with zero attached hydrogens (tertiary/aromatic N) is 1. The summed E-state index contributed by atoms with van der Waals surface area (Å²) in [5, 5.41) is 2.88. The molecule has 6 nitrogen and oxygen atoms in total. The van der Waals surface area contributed by atoms with Crippen LogP contribution in [0.25, 0.3) is 11.1 Å². The van der Waals surface area contributed by atoms with Crippen LogP contribution < -0.4 is 16.2 Å². The number of anilines is 1. The van der Waals surface area contributed by atoms with Crippen molar-refractivity contribution in [1.29, 1.82) is 0 Å². The van der Waals surface area contributed by atoms with E-state index >= 15 is 0 Å². The first-order valence-corrected chi connectivity index (χ1v) is 6.31. The van der Waals surface area contributed by atoms with Crippen LogP contribution in [0, 0.1) is 6.92 Å². The van der Waals surface area contributed by atoms with E-state index in [2.05, 4.69) is 21.2 Å². The van der Waals surface area contributed by atoms with Crippen LogP contribution in [0.15, 0.2) is 22.6 Å². The van der Waals surface area contributed by atoms with Crippen molar-refractivity contribution < 1.29 is 9.21 Å². The van der Waals surface area contributed by atoms with Gasteiger partial charge in [-0.05, 0) is 31.5 Å². The maximum atomic E-state index is 12.0. The minimum absolute atomic E-state index is 0.0450. The molecule has 2 unspecified atom stereocenters. The second-order valence-electron chi connectivity index (χ2n) is 4.88. The molecule has 1 amide bonds. The smallest absolute Gasteiger partial charge is 0.242 e. The molecule has 100 valence electrons. The second-order valence-corrected chi connectivity index (χ2v) is 4.88. The van der Waals surface area contributed by atoms with Gasteiger partial charge in [0.05, 0.1) is 0 Å². The number of benzene rings is 1. The maximum absolute atomic E-state index is 12.0. The van der Waals surface area contributed by atoms with Crippen molar-refractivity contribution in [2.45, 2.75) is 32.4 Å². The van der Waals surface area contributed by atoms with Crippen molar-refractivity contribution in [2.75, 3.05) is 5.32 Å². The standard InChI is InChI=1S/C13H16N4O2/c1-7-5-11(17-16-7)13(18)15-9-3-4-12-10(6-9)14-8(2)19-12/h3-4,6-7,11,16-17H,5H2,1-2H3,(H,15,18). The second kappa shape index (κ2) is 4.64. The highest BCUT2D eigenvalue weighted by atomic mass is 16.3. The fourth-order valence-corrected chi connectivity index (χ4v) is 2.24. The molecule has 1 aromatic heterocycles. The van der Waals surface area contributed by atoms with Crippen molar-refractivity contribution >= 4 is 22.7 Å². The van der Waals surface area contributed by atoms with Crippen molar-refractivity contribution in [3.05, 3.63) is 24.1 Å². The van der Waals surface area contributed by atoms with Gasteiger partial charge in [0.15, 0.2) is 11.5 Å². The lowest BCUT2D eigenvalue weighted by Crippen LogP contribution is -2.39. The summed E-state index contributed by atoms with van der Waals surface area (Å²) in [4.78, 5) is 16.3. The number of carbonyl (C=O) groups is 1. The molecule has 2 aromatic rings. The number of rotatable bonds is 2. The highest BCUT2D eigenvalue weighted by Gasteiger charge is 2.26. The third kappa shape index (κ3) is 2.45. The highest BCUT2D eigenvalue weighted by Crippen LogP contribution is 2.20. The zero-order valence-electron chi connectivity index (χ0n) is 10.9. The Morgan fingerprint density at radius 3 is 3.05 bits per heavy atom. The molecule has 0 radical (unpaired) electrons. The van der Waals surface area contributed by atoms with E-state index in [0.29, 0.717) is 11.9 Å². The minimum Gasteiger partial charge on any atom is -0.441 e. The van der Waals surface area contributed by atoms with E-state index < -0.39 is 0 Å². The maximum Gasteiger partial charge on any atom is 0.242 e. The third-order valence-corrected chi connectivity index (χ3v) is 3.17. The molecule has 0 aliphatic carbocycles. The molecular formula is C13H16N4O2. The Labute approximate surface area is 110 Å². The Kier molecular flexibility index (Phi) is 2.96. The number of carbonyl (C=O) groups excluding carboxylic acids is 1. The normalized spacial score (nSPS) is 22.8. The Morgan fingerprint density at radius 1 is 1.47 bits per heavy atom. The number of aromatic nitrogens is 1. The van der Waals surface area contributed by atoms with Crippen molar-refractivity contribution in [3.8, 4) is 0 Å². The van der Waals surface area contributed by atoms with Gasteiger partial charge in [-0.1, -0.05) is 0 Å². The van der Waals surface area contributed by atoms with Gasteiger partial charge in [-0.3, -0.25) is 10.2 Å². The van der Waals surface area contributed by atoms with Gasteiger partial charge in [0.2, 0.25) is 5.91 Å². The summed E-state index contributed by atoms with van der Waals surface area (Å²) in [7, 11) is 0. The van der Waals surface area contributed by atoms with Crippen LogP contribution in [0.1, 0.15) is 19.2 Å². The van der Waals surface area contributed by atoms with Gasteiger partial charge in [-0.15, -0.1) is 0 Å². The van der Waals surface area contributed by atoms with Crippen LogP contribution in [-0.2, 0) is 4.79 Å². The number of hydrogen-bond donors (Lipinski definition) is 3. The molecular weight excluding hydrogens is 244 g/mol. The molecule has 0 saturated carbocycles. The molecule has 3 N–H and O–H groups in total. The van der Waals surface area contributed by atoms with E-state index in [4.69, 9.17) is 4.42 Å². The van der Waals surface area contributed by atoms with E-state index in [1.165, 1.54) is 0 Å². The SMILES string of the molecule is Cc1nc2cc(NC(=O)C3CC(C)NN3)ccc2o1. The summed E-state index contributed by atoms with van der Waals surface area (Å²) in [5.41, 5.74) is 8.21. The zero-order valence-corrected chi connectivity index (χ0v) is 10.9. The number of nitrogens with one attached hydrogen (secondary N) is 3. The van der Waals surface area contributed by atoms with E-state index in [-0.39, 0.29) is 11.9 Å². The first-order chi connectivity index (χ1) is 9.11. The monoisotopic (exact) mass is 260 g/mol. The molecule has 1 aromatic carbocycles. The number of amides is 1. The summed E-state index contributed by atoms with van der Waals surface area (Å²) in [5.74, 6) is 0.574. The van der Waals surface area contributed by atoms with Crippen LogP contribution in [0.3, 0.4) is 0 Å². The lowest BCUT2D eigenvalue weighted by atomic mass is 10.1. The first-order valence-electron chi connectivity index (χ1n) is 6.31. The average Bonchev–Trinajstić information content (AvgIpc) is 2.93. The molecule has 0 bridgehead atoms. The summed E-state index contributed by atoms with van der Waals surface area (Å²) in [6.45, 7) is 3.83. The van der Waals surface area contributed by atoms with Crippen molar-refractivity contribution in [3.63, 3.8) is 0 Å². The molecule has 1 aliphatic rings. The molecule has 6 heteroatoms. The number of hydrazine groups is 1. The highest BCUT2D eigenvalue weighted by molar-refractivity contribution is 5.96. The quantitative estimate of drug-likeness (QED) is 0.759. The summed E-state index contributed by atoms with van der Waals surface area (Å²) >= 11 is 0. The molecule has 1 saturated heterocycles. The summed E-state index contributed by atoms with van der Waals surface area (Å²) in [6, 6.07) is 5.54. The molecule has 1 fully saturated rings. The Hall–Kier alpha value is -1.92. The Balaban J connectivity index is 1.75. The van der Waals surface area contributed by atoms with Crippen LogP contribution in [-0.4, -0.2) is 23.0 Å². The fraction of sp³-hybridized carbons (Fsp3) is 0.385. The molecule has 2 heterocycles. The third-order valence-electron chi connectivity index (χ3n) is 3.17. The lowest BCUT2D eigenvalue weighted by molar-refractivity contribution is -0.117. The van der Waals surface area contributed by atoms with Gasteiger partial charge in [-0.2, -0.15) is 0 Å². The minimum atomic E-state index is -0.204. The lowest BCUT2D eigenvalue weighted by Gasteiger charge is -2.10. The van der Waals surface area contributed by atoms with E-state index in [9.17, 15) is 4.79 Å². The van der Waals surface area contributed by atoms with Gasteiger partial charge >= 0.3 is 0 Å². The van der Waals surface area contributed by atoms with Crippen molar-refractivity contribution in [2.24, 2.45) is 0 Å². The predicted octanol–water partition coefficient (Wildman–Crippen LogP) is 1.33. The Bertz CT molecular complexity index is 622. The largest absolute Gasteiger partial charge is 0.441 e. The van der Waals surface area contributed by atoms with E-state index in [0.717, 1.165) is 23.2 Å². The van der Waals surface area contributed by atoms with Crippen molar-refractivity contribution in [1.82, 2.24) is 15.8 Å². The van der Waals surface area contributed by atoms with Crippen LogP contribution in [0.4, 0.5) is 5.69 Å². The predicted molar refractivity (Wildman–Crippen MR) is 71.5 cm³/mol. The van der Waals surface area contributed by atoms with Gasteiger partial charge < -0.3 is 9.73 Å².